The van der Waals surface area contributed by atoms with Crippen LogP contribution in [0.4, 0.5) is 0 Å². The highest BCUT2D eigenvalue weighted by Gasteiger charge is 2.13. The van der Waals surface area contributed by atoms with Crippen LogP contribution < -0.4 is 14.8 Å². The van der Waals surface area contributed by atoms with E-state index in [-0.39, 0.29) is 13.2 Å². The predicted molar refractivity (Wildman–Crippen MR) is 98.1 cm³/mol. The Morgan fingerprint density at radius 1 is 1.00 bits per heavy atom. The van der Waals surface area contributed by atoms with Crippen LogP contribution in [0.1, 0.15) is 15.9 Å². The first-order valence-electron chi connectivity index (χ1n) is 7.54. The van der Waals surface area contributed by atoms with Crippen LogP contribution in [-0.2, 0) is 16.1 Å². The summed E-state index contributed by atoms with van der Waals surface area (Å²) in [5.41, 5.74) is 0.802. The van der Waals surface area contributed by atoms with Crippen LogP contribution in [0.5, 0.6) is 11.5 Å². The standard InChI is InChI=1S/C18H17Cl2NO5/c1-24-12-6-11(7-13(8-12)25-2)18(23)21-9-17(22)26-10-14-15(19)4-3-5-16(14)20/h3-8H,9-10H2,1-2H3,(H,21,23). The van der Waals surface area contributed by atoms with Gasteiger partial charge in [-0.1, -0.05) is 29.3 Å². The lowest BCUT2D eigenvalue weighted by atomic mass is 10.2. The number of carbonyl (C=O) groups is 2. The highest BCUT2D eigenvalue weighted by Crippen LogP contribution is 2.25. The molecule has 0 aliphatic rings. The molecule has 2 rings (SSSR count). The minimum Gasteiger partial charge on any atom is -0.497 e. The Morgan fingerprint density at radius 2 is 1.58 bits per heavy atom. The van der Waals surface area contributed by atoms with Crippen LogP contribution >= 0.6 is 23.2 Å². The van der Waals surface area contributed by atoms with Crippen molar-refractivity contribution in [2.75, 3.05) is 20.8 Å². The van der Waals surface area contributed by atoms with Crippen LogP contribution in [0.25, 0.3) is 0 Å². The van der Waals surface area contributed by atoms with Crippen molar-refractivity contribution in [1.82, 2.24) is 5.32 Å². The van der Waals surface area contributed by atoms with Crippen molar-refractivity contribution in [1.29, 1.82) is 0 Å². The summed E-state index contributed by atoms with van der Waals surface area (Å²) in [5.74, 6) is -0.157. The molecule has 0 spiro atoms. The number of carbonyl (C=O) groups excluding carboxylic acids is 2. The lowest BCUT2D eigenvalue weighted by Gasteiger charge is -2.10. The van der Waals surface area contributed by atoms with E-state index in [2.05, 4.69) is 5.32 Å². The number of hydrogen-bond donors (Lipinski definition) is 1. The number of hydrogen-bond acceptors (Lipinski definition) is 5. The molecule has 0 saturated heterocycles. The zero-order valence-electron chi connectivity index (χ0n) is 14.2. The van der Waals surface area contributed by atoms with E-state index >= 15 is 0 Å². The molecule has 26 heavy (non-hydrogen) atoms. The van der Waals surface area contributed by atoms with Crippen molar-refractivity contribution in [3.63, 3.8) is 0 Å². The molecule has 2 aromatic carbocycles. The van der Waals surface area contributed by atoms with E-state index in [4.69, 9.17) is 37.4 Å². The number of ether oxygens (including phenoxy) is 3. The largest absolute Gasteiger partial charge is 0.497 e. The molecule has 0 bridgehead atoms. The van der Waals surface area contributed by atoms with E-state index in [1.165, 1.54) is 26.4 Å². The molecule has 0 fully saturated rings. The zero-order chi connectivity index (χ0) is 19.1. The molecule has 8 heteroatoms. The SMILES string of the molecule is COc1cc(OC)cc(C(=O)NCC(=O)OCc2c(Cl)cccc2Cl)c1. The number of halogens is 2. The van der Waals surface area contributed by atoms with Gasteiger partial charge in [0.1, 0.15) is 24.7 Å². The number of methoxy groups -OCH3 is 2. The van der Waals surface area contributed by atoms with Gasteiger partial charge in [-0.2, -0.15) is 0 Å². The van der Waals surface area contributed by atoms with Crippen LogP contribution in [-0.4, -0.2) is 32.6 Å². The van der Waals surface area contributed by atoms with E-state index in [9.17, 15) is 9.59 Å². The first-order chi connectivity index (χ1) is 12.4. The maximum atomic E-state index is 12.2. The fourth-order valence-corrected chi connectivity index (χ4v) is 2.57. The van der Waals surface area contributed by atoms with Gasteiger partial charge in [0.05, 0.1) is 14.2 Å². The van der Waals surface area contributed by atoms with Crippen molar-refractivity contribution >= 4 is 35.1 Å². The van der Waals surface area contributed by atoms with Crippen molar-refractivity contribution in [2.24, 2.45) is 0 Å². The quantitative estimate of drug-likeness (QED) is 0.723. The molecule has 0 atom stereocenters. The summed E-state index contributed by atoms with van der Waals surface area (Å²) in [6.07, 6.45) is 0. The first-order valence-corrected chi connectivity index (χ1v) is 8.30. The number of esters is 1. The first kappa shape index (κ1) is 19.9. The maximum absolute atomic E-state index is 12.2. The van der Waals surface area contributed by atoms with E-state index < -0.39 is 11.9 Å². The van der Waals surface area contributed by atoms with E-state index in [1.54, 1.807) is 24.3 Å². The van der Waals surface area contributed by atoms with Crippen molar-refractivity contribution in [3.8, 4) is 11.5 Å². The monoisotopic (exact) mass is 397 g/mol. The normalized spacial score (nSPS) is 10.2. The molecule has 0 aliphatic heterocycles. The van der Waals surface area contributed by atoms with Crippen LogP contribution in [0.2, 0.25) is 10.0 Å². The molecule has 2 aromatic rings. The Balaban J connectivity index is 1.92. The molecule has 0 saturated carbocycles. The molecule has 6 nitrogen and oxygen atoms in total. The van der Waals surface area contributed by atoms with Crippen molar-refractivity contribution in [2.45, 2.75) is 6.61 Å². The molecule has 0 aromatic heterocycles. The third-order valence-electron chi connectivity index (χ3n) is 3.45. The van der Waals surface area contributed by atoms with Gasteiger partial charge >= 0.3 is 5.97 Å². The van der Waals surface area contributed by atoms with Gasteiger partial charge in [-0.15, -0.1) is 0 Å². The van der Waals surface area contributed by atoms with E-state index in [0.717, 1.165) is 0 Å². The van der Waals surface area contributed by atoms with Gasteiger partial charge in [0.2, 0.25) is 0 Å². The Kier molecular flexibility index (Phi) is 7.12. The third-order valence-corrected chi connectivity index (χ3v) is 4.15. The van der Waals surface area contributed by atoms with Crippen molar-refractivity contribution in [3.05, 3.63) is 57.6 Å². The molecule has 0 aliphatic carbocycles. The van der Waals surface area contributed by atoms with E-state index in [0.29, 0.717) is 32.7 Å². The molecule has 0 heterocycles. The summed E-state index contributed by atoms with van der Waals surface area (Å²) in [5, 5.41) is 3.28. The zero-order valence-corrected chi connectivity index (χ0v) is 15.7. The minimum atomic E-state index is -0.621. The summed E-state index contributed by atoms with van der Waals surface area (Å²) >= 11 is 12.0. The van der Waals surface area contributed by atoms with Gasteiger partial charge in [-0.05, 0) is 24.3 Å². The summed E-state index contributed by atoms with van der Waals surface area (Å²) in [7, 11) is 2.96. The second-order valence-electron chi connectivity index (χ2n) is 5.14. The molecular weight excluding hydrogens is 381 g/mol. The van der Waals surface area contributed by atoms with E-state index in [1.807, 2.05) is 0 Å². The second-order valence-corrected chi connectivity index (χ2v) is 5.96. The fourth-order valence-electron chi connectivity index (χ4n) is 2.07. The topological polar surface area (TPSA) is 73.9 Å². The molecule has 0 radical (unpaired) electrons. The molecule has 1 amide bonds. The third kappa shape index (κ3) is 5.28. The molecule has 1 N–H and O–H groups in total. The predicted octanol–water partition coefficient (Wildman–Crippen LogP) is 3.48. The van der Waals surface area contributed by atoms with Crippen LogP contribution in [0.3, 0.4) is 0 Å². The lowest BCUT2D eigenvalue weighted by Crippen LogP contribution is -2.30. The smallest absolute Gasteiger partial charge is 0.325 e. The van der Waals surface area contributed by atoms with Crippen LogP contribution in [0.15, 0.2) is 36.4 Å². The molecular formula is C18H17Cl2NO5. The highest BCUT2D eigenvalue weighted by molar-refractivity contribution is 6.35. The number of amides is 1. The maximum Gasteiger partial charge on any atom is 0.325 e. The highest BCUT2D eigenvalue weighted by atomic mass is 35.5. The van der Waals surface area contributed by atoms with Gasteiger partial charge in [0.25, 0.3) is 5.91 Å². The van der Waals surface area contributed by atoms with Gasteiger partial charge in [0.15, 0.2) is 0 Å². The lowest BCUT2D eigenvalue weighted by molar-refractivity contribution is -0.143. The van der Waals surface area contributed by atoms with Gasteiger partial charge in [-0.25, -0.2) is 0 Å². The van der Waals surface area contributed by atoms with Gasteiger partial charge < -0.3 is 19.5 Å². The Labute approximate surface area is 160 Å². The summed E-state index contributed by atoms with van der Waals surface area (Å²) in [4.78, 5) is 24.0. The second kappa shape index (κ2) is 9.31. The summed E-state index contributed by atoms with van der Waals surface area (Å²) < 4.78 is 15.3. The van der Waals surface area contributed by atoms with Gasteiger partial charge in [-0.3, -0.25) is 9.59 Å². The number of rotatable bonds is 7. The van der Waals surface area contributed by atoms with Gasteiger partial charge in [0, 0.05) is 27.2 Å². The Morgan fingerprint density at radius 3 is 2.12 bits per heavy atom. The van der Waals surface area contributed by atoms with Crippen molar-refractivity contribution < 1.29 is 23.8 Å². The molecule has 0 unspecified atom stereocenters. The molecule has 138 valence electrons. The average Bonchev–Trinajstić information content (AvgIpc) is 2.65. The summed E-state index contributed by atoms with van der Waals surface area (Å²) in [6, 6.07) is 9.69. The Hall–Kier alpha value is -2.44. The number of nitrogens with one attached hydrogen (secondary N) is 1. The average molecular weight is 398 g/mol. The fraction of sp³-hybridized carbons (Fsp3) is 0.222. The van der Waals surface area contributed by atoms with Crippen LogP contribution in [0, 0.1) is 0 Å². The minimum absolute atomic E-state index is 0.0831. The number of benzene rings is 2. The summed E-state index contributed by atoms with van der Waals surface area (Å²) in [6.45, 7) is -0.388. The Bertz CT molecular complexity index is 768.